The van der Waals surface area contributed by atoms with E-state index in [1.165, 1.54) is 18.3 Å². The van der Waals surface area contributed by atoms with Crippen molar-refractivity contribution in [2.45, 2.75) is 13.0 Å². The van der Waals surface area contributed by atoms with Gasteiger partial charge in [0.2, 0.25) is 0 Å². The second-order valence-electron chi connectivity index (χ2n) is 4.09. The van der Waals surface area contributed by atoms with E-state index in [9.17, 15) is 9.18 Å². The van der Waals surface area contributed by atoms with Gasteiger partial charge in [0.1, 0.15) is 11.0 Å². The summed E-state index contributed by atoms with van der Waals surface area (Å²) in [7, 11) is 0. The van der Waals surface area contributed by atoms with Crippen molar-refractivity contribution in [3.63, 3.8) is 0 Å². The average molecular weight is 279 g/mol. The van der Waals surface area contributed by atoms with Crippen molar-refractivity contribution in [2.24, 2.45) is 0 Å². The number of amides is 1. The zero-order valence-electron chi connectivity index (χ0n) is 10.2. The SMILES string of the molecule is CC(NC(=O)c1ccc(Cl)nc1)c1ccccc1F. The molecule has 0 radical (unpaired) electrons. The van der Waals surface area contributed by atoms with Gasteiger partial charge in [0.15, 0.2) is 0 Å². The van der Waals surface area contributed by atoms with E-state index >= 15 is 0 Å². The first kappa shape index (κ1) is 13.5. The van der Waals surface area contributed by atoms with Crippen molar-refractivity contribution in [1.29, 1.82) is 0 Å². The summed E-state index contributed by atoms with van der Waals surface area (Å²) in [5.74, 6) is -0.663. The fourth-order valence-corrected chi connectivity index (χ4v) is 1.81. The summed E-state index contributed by atoms with van der Waals surface area (Å²) in [5, 5.41) is 3.03. The molecule has 0 saturated carbocycles. The van der Waals surface area contributed by atoms with E-state index in [1.807, 2.05) is 0 Å². The lowest BCUT2D eigenvalue weighted by atomic mass is 10.1. The Labute approximate surface area is 115 Å². The van der Waals surface area contributed by atoms with Gasteiger partial charge >= 0.3 is 0 Å². The molecule has 2 rings (SSSR count). The number of rotatable bonds is 3. The molecular weight excluding hydrogens is 267 g/mol. The fraction of sp³-hybridized carbons (Fsp3) is 0.143. The maximum atomic E-state index is 13.6. The number of benzene rings is 1. The van der Waals surface area contributed by atoms with Crippen molar-refractivity contribution in [1.82, 2.24) is 10.3 Å². The molecule has 19 heavy (non-hydrogen) atoms. The number of pyridine rings is 1. The van der Waals surface area contributed by atoms with Crippen LogP contribution in [-0.2, 0) is 0 Å². The first-order chi connectivity index (χ1) is 9.08. The third-order valence-electron chi connectivity index (χ3n) is 2.71. The Morgan fingerprint density at radius 1 is 1.32 bits per heavy atom. The van der Waals surface area contributed by atoms with Gasteiger partial charge < -0.3 is 5.32 Å². The molecule has 1 unspecified atom stereocenters. The molecule has 3 nitrogen and oxygen atoms in total. The van der Waals surface area contributed by atoms with Gasteiger partial charge in [0, 0.05) is 11.8 Å². The number of nitrogens with one attached hydrogen (secondary N) is 1. The number of nitrogens with zero attached hydrogens (tertiary/aromatic N) is 1. The van der Waals surface area contributed by atoms with Crippen molar-refractivity contribution in [3.05, 3.63) is 64.7 Å². The first-order valence-corrected chi connectivity index (χ1v) is 6.12. The number of carbonyl (C=O) groups excluding carboxylic acids is 1. The van der Waals surface area contributed by atoms with Gasteiger partial charge in [-0.3, -0.25) is 4.79 Å². The van der Waals surface area contributed by atoms with E-state index in [0.29, 0.717) is 16.3 Å². The van der Waals surface area contributed by atoms with Crippen LogP contribution in [0.15, 0.2) is 42.6 Å². The molecule has 1 heterocycles. The highest BCUT2D eigenvalue weighted by Gasteiger charge is 2.14. The molecule has 0 aliphatic rings. The number of aromatic nitrogens is 1. The Morgan fingerprint density at radius 2 is 2.05 bits per heavy atom. The number of hydrogen-bond acceptors (Lipinski definition) is 2. The van der Waals surface area contributed by atoms with Gasteiger partial charge in [0.25, 0.3) is 5.91 Å². The third kappa shape index (κ3) is 3.29. The quantitative estimate of drug-likeness (QED) is 0.875. The largest absolute Gasteiger partial charge is 0.345 e. The second kappa shape index (κ2) is 5.80. The number of hydrogen-bond donors (Lipinski definition) is 1. The Morgan fingerprint density at radius 3 is 2.68 bits per heavy atom. The van der Waals surface area contributed by atoms with E-state index < -0.39 is 6.04 Å². The number of carbonyl (C=O) groups is 1. The lowest BCUT2D eigenvalue weighted by Crippen LogP contribution is -2.27. The van der Waals surface area contributed by atoms with Crippen molar-refractivity contribution in [3.8, 4) is 0 Å². The minimum absolute atomic E-state index is 0.318. The monoisotopic (exact) mass is 278 g/mol. The van der Waals surface area contributed by atoms with Crippen molar-refractivity contribution in [2.75, 3.05) is 0 Å². The fourth-order valence-electron chi connectivity index (χ4n) is 1.69. The molecule has 98 valence electrons. The summed E-state index contributed by atoms with van der Waals surface area (Å²) in [6.07, 6.45) is 1.38. The topological polar surface area (TPSA) is 42.0 Å². The molecule has 1 amide bonds. The lowest BCUT2D eigenvalue weighted by Gasteiger charge is -2.14. The third-order valence-corrected chi connectivity index (χ3v) is 2.93. The van der Waals surface area contributed by atoms with Gasteiger partial charge in [-0.05, 0) is 25.1 Å². The predicted molar refractivity (Wildman–Crippen MR) is 71.5 cm³/mol. The molecule has 1 N–H and O–H groups in total. The molecule has 1 aromatic carbocycles. The molecule has 1 atom stereocenters. The van der Waals surface area contributed by atoms with Crippen LogP contribution in [0.4, 0.5) is 4.39 Å². The van der Waals surface area contributed by atoms with Crippen LogP contribution in [-0.4, -0.2) is 10.9 Å². The molecule has 0 spiro atoms. The van der Waals surface area contributed by atoms with Crippen molar-refractivity contribution >= 4 is 17.5 Å². The molecule has 1 aromatic heterocycles. The maximum Gasteiger partial charge on any atom is 0.253 e. The van der Waals surface area contributed by atoms with E-state index in [-0.39, 0.29) is 11.7 Å². The van der Waals surface area contributed by atoms with Crippen molar-refractivity contribution < 1.29 is 9.18 Å². The zero-order chi connectivity index (χ0) is 13.8. The Hall–Kier alpha value is -1.94. The minimum atomic E-state index is -0.427. The van der Waals surface area contributed by atoms with E-state index in [0.717, 1.165) is 0 Å². The molecule has 2 aromatic rings. The van der Waals surface area contributed by atoms with Crippen LogP contribution in [0, 0.1) is 5.82 Å². The van der Waals surface area contributed by atoms with Crippen LogP contribution >= 0.6 is 11.6 Å². The highest BCUT2D eigenvalue weighted by molar-refractivity contribution is 6.29. The van der Waals surface area contributed by atoms with Crippen LogP contribution in [0.5, 0.6) is 0 Å². The van der Waals surface area contributed by atoms with Crippen LogP contribution in [0.3, 0.4) is 0 Å². The molecule has 0 fully saturated rings. The predicted octanol–water partition coefficient (Wildman–Crippen LogP) is 3.37. The molecule has 5 heteroatoms. The minimum Gasteiger partial charge on any atom is -0.345 e. The second-order valence-corrected chi connectivity index (χ2v) is 4.47. The van der Waals surface area contributed by atoms with Gasteiger partial charge in [-0.1, -0.05) is 29.8 Å². The van der Waals surface area contributed by atoms with E-state index in [1.54, 1.807) is 31.2 Å². The van der Waals surface area contributed by atoms with Gasteiger partial charge in [-0.2, -0.15) is 0 Å². The maximum absolute atomic E-state index is 13.6. The first-order valence-electron chi connectivity index (χ1n) is 5.75. The highest BCUT2D eigenvalue weighted by atomic mass is 35.5. The Kier molecular flexibility index (Phi) is 4.12. The smallest absolute Gasteiger partial charge is 0.253 e. The summed E-state index contributed by atoms with van der Waals surface area (Å²) in [6, 6.07) is 9.01. The lowest BCUT2D eigenvalue weighted by molar-refractivity contribution is 0.0939. The Bertz CT molecular complexity index is 586. The van der Waals surface area contributed by atoms with Crippen LogP contribution < -0.4 is 5.32 Å². The van der Waals surface area contributed by atoms with Gasteiger partial charge in [-0.25, -0.2) is 9.37 Å². The van der Waals surface area contributed by atoms with E-state index in [2.05, 4.69) is 10.3 Å². The van der Waals surface area contributed by atoms with Crippen LogP contribution in [0.25, 0.3) is 0 Å². The summed E-state index contributed by atoms with van der Waals surface area (Å²) in [5.41, 5.74) is 0.824. The van der Waals surface area contributed by atoms with Gasteiger partial charge in [0.05, 0.1) is 11.6 Å². The average Bonchev–Trinajstić information content (AvgIpc) is 2.39. The van der Waals surface area contributed by atoms with Crippen LogP contribution in [0.2, 0.25) is 5.15 Å². The van der Waals surface area contributed by atoms with Gasteiger partial charge in [-0.15, -0.1) is 0 Å². The summed E-state index contributed by atoms with van der Waals surface area (Å²) >= 11 is 5.65. The standard InChI is InChI=1S/C14H12ClFN2O/c1-9(11-4-2-3-5-12(11)16)18-14(19)10-6-7-13(15)17-8-10/h2-9H,1H3,(H,18,19). The van der Waals surface area contributed by atoms with E-state index in [4.69, 9.17) is 11.6 Å². The molecule has 0 aliphatic heterocycles. The highest BCUT2D eigenvalue weighted by Crippen LogP contribution is 2.16. The summed E-state index contributed by atoms with van der Waals surface area (Å²) in [4.78, 5) is 15.8. The number of halogens is 2. The van der Waals surface area contributed by atoms with Crippen LogP contribution in [0.1, 0.15) is 28.9 Å². The summed E-state index contributed by atoms with van der Waals surface area (Å²) < 4.78 is 13.6. The molecule has 0 bridgehead atoms. The summed E-state index contributed by atoms with van der Waals surface area (Å²) in [6.45, 7) is 1.72. The molecular formula is C14H12ClFN2O. The zero-order valence-corrected chi connectivity index (χ0v) is 11.0. The normalized spacial score (nSPS) is 11.9. The molecule has 0 aliphatic carbocycles. The molecule has 0 saturated heterocycles. The Balaban J connectivity index is 2.11.